The van der Waals surface area contributed by atoms with Gasteiger partial charge in [-0.2, -0.15) is 9.40 Å². The minimum Gasteiger partial charge on any atom is -0.326 e. The van der Waals surface area contributed by atoms with E-state index in [-0.39, 0.29) is 17.0 Å². The van der Waals surface area contributed by atoms with Gasteiger partial charge in [-0.25, -0.2) is 8.42 Å². The standard InChI is InChI=1S/C8H14N4O2S/c1-6-4-12(5-7(6)9)15(13,14)8-2-3-10-11-8/h2-3,6-7H,4-5,9H2,1H3,(H,10,11). The largest absolute Gasteiger partial charge is 0.326 e. The number of rotatable bonds is 2. The molecule has 2 heterocycles. The van der Waals surface area contributed by atoms with Crippen molar-refractivity contribution in [2.75, 3.05) is 13.1 Å². The van der Waals surface area contributed by atoms with Crippen LogP contribution in [0.5, 0.6) is 0 Å². The van der Waals surface area contributed by atoms with E-state index in [0.717, 1.165) is 0 Å². The molecule has 1 saturated heterocycles. The van der Waals surface area contributed by atoms with Crippen molar-refractivity contribution >= 4 is 10.0 Å². The summed E-state index contributed by atoms with van der Waals surface area (Å²) in [6.07, 6.45) is 1.42. The van der Waals surface area contributed by atoms with Gasteiger partial charge in [0.15, 0.2) is 5.03 Å². The molecule has 0 amide bonds. The second-order valence-electron chi connectivity index (χ2n) is 3.88. The van der Waals surface area contributed by atoms with Crippen molar-refractivity contribution in [3.63, 3.8) is 0 Å². The average Bonchev–Trinajstić information content (AvgIpc) is 2.77. The molecular weight excluding hydrogens is 216 g/mol. The first-order chi connectivity index (χ1) is 7.01. The highest BCUT2D eigenvalue weighted by Crippen LogP contribution is 2.21. The molecule has 6 nitrogen and oxygen atoms in total. The Labute approximate surface area is 88.5 Å². The van der Waals surface area contributed by atoms with E-state index in [0.29, 0.717) is 13.1 Å². The summed E-state index contributed by atoms with van der Waals surface area (Å²) in [5.74, 6) is 0.197. The molecule has 1 aliphatic rings. The van der Waals surface area contributed by atoms with Gasteiger partial charge in [0.1, 0.15) is 0 Å². The Morgan fingerprint density at radius 2 is 2.33 bits per heavy atom. The van der Waals surface area contributed by atoms with Gasteiger partial charge in [0.2, 0.25) is 0 Å². The maximum absolute atomic E-state index is 12.0. The molecule has 84 valence electrons. The summed E-state index contributed by atoms with van der Waals surface area (Å²) in [6.45, 7) is 2.80. The van der Waals surface area contributed by atoms with Gasteiger partial charge >= 0.3 is 0 Å². The fourth-order valence-electron chi connectivity index (χ4n) is 1.67. The molecule has 0 spiro atoms. The Hall–Kier alpha value is -0.920. The number of sulfonamides is 1. The van der Waals surface area contributed by atoms with Crippen LogP contribution in [0.15, 0.2) is 17.3 Å². The van der Waals surface area contributed by atoms with Crippen LogP contribution in [0, 0.1) is 5.92 Å². The number of H-pyrrole nitrogens is 1. The van der Waals surface area contributed by atoms with Crippen LogP contribution in [-0.2, 0) is 10.0 Å². The second-order valence-corrected chi connectivity index (χ2v) is 5.79. The van der Waals surface area contributed by atoms with Crippen molar-refractivity contribution < 1.29 is 8.42 Å². The Kier molecular flexibility index (Phi) is 2.53. The summed E-state index contributed by atoms with van der Waals surface area (Å²) in [6, 6.07) is 1.37. The summed E-state index contributed by atoms with van der Waals surface area (Å²) in [4.78, 5) is 0. The maximum atomic E-state index is 12.0. The predicted molar refractivity (Wildman–Crippen MR) is 54.5 cm³/mol. The first kappa shape index (κ1) is 10.6. The van der Waals surface area contributed by atoms with Crippen molar-refractivity contribution in [3.8, 4) is 0 Å². The molecule has 15 heavy (non-hydrogen) atoms. The Morgan fingerprint density at radius 1 is 1.60 bits per heavy atom. The summed E-state index contributed by atoms with van der Waals surface area (Å²) in [7, 11) is -3.43. The Balaban J connectivity index is 2.25. The third-order valence-electron chi connectivity index (χ3n) is 2.73. The fraction of sp³-hybridized carbons (Fsp3) is 0.625. The number of nitrogens with two attached hydrogens (primary N) is 1. The van der Waals surface area contributed by atoms with E-state index in [4.69, 9.17) is 5.73 Å². The zero-order chi connectivity index (χ0) is 11.1. The SMILES string of the molecule is CC1CN(S(=O)(=O)c2ccn[nH]2)CC1N. The van der Waals surface area contributed by atoms with Crippen molar-refractivity contribution in [2.45, 2.75) is 18.0 Å². The van der Waals surface area contributed by atoms with E-state index in [2.05, 4.69) is 10.2 Å². The van der Waals surface area contributed by atoms with Gasteiger partial charge in [0.25, 0.3) is 10.0 Å². The molecule has 1 aromatic heterocycles. The van der Waals surface area contributed by atoms with Crippen molar-refractivity contribution in [2.24, 2.45) is 11.7 Å². The molecule has 2 rings (SSSR count). The topological polar surface area (TPSA) is 92.1 Å². The quantitative estimate of drug-likeness (QED) is 0.708. The molecule has 0 bridgehead atoms. The molecule has 0 radical (unpaired) electrons. The summed E-state index contributed by atoms with van der Waals surface area (Å²) in [5.41, 5.74) is 5.79. The molecule has 7 heteroatoms. The van der Waals surface area contributed by atoms with Crippen LogP contribution in [0.4, 0.5) is 0 Å². The minimum atomic E-state index is -3.43. The van der Waals surface area contributed by atoms with Gasteiger partial charge in [-0.3, -0.25) is 5.10 Å². The predicted octanol–water partition coefficient (Wildman–Crippen LogP) is -0.623. The average molecular weight is 230 g/mol. The van der Waals surface area contributed by atoms with Gasteiger partial charge in [-0.15, -0.1) is 0 Å². The van der Waals surface area contributed by atoms with Gasteiger partial charge in [-0.1, -0.05) is 6.92 Å². The normalized spacial score (nSPS) is 28.4. The lowest BCUT2D eigenvalue weighted by molar-refractivity contribution is 0.461. The van der Waals surface area contributed by atoms with Crippen molar-refractivity contribution in [1.29, 1.82) is 0 Å². The van der Waals surface area contributed by atoms with E-state index in [1.165, 1.54) is 16.6 Å². The van der Waals surface area contributed by atoms with E-state index < -0.39 is 10.0 Å². The number of hydrogen-bond acceptors (Lipinski definition) is 4. The number of aromatic nitrogens is 2. The lowest BCUT2D eigenvalue weighted by Crippen LogP contribution is -2.32. The van der Waals surface area contributed by atoms with Crippen LogP contribution in [0.1, 0.15) is 6.92 Å². The molecule has 3 N–H and O–H groups in total. The molecule has 0 aromatic carbocycles. The molecule has 2 unspecified atom stereocenters. The second kappa shape index (κ2) is 3.58. The zero-order valence-corrected chi connectivity index (χ0v) is 9.24. The van der Waals surface area contributed by atoms with Gasteiger partial charge in [0.05, 0.1) is 6.20 Å². The van der Waals surface area contributed by atoms with E-state index in [9.17, 15) is 8.42 Å². The molecule has 0 aliphatic carbocycles. The third-order valence-corrected chi connectivity index (χ3v) is 4.49. The van der Waals surface area contributed by atoms with Crippen LogP contribution in [-0.4, -0.2) is 42.1 Å². The monoisotopic (exact) mass is 230 g/mol. The van der Waals surface area contributed by atoms with Crippen LogP contribution in [0.3, 0.4) is 0 Å². The van der Waals surface area contributed by atoms with Crippen molar-refractivity contribution in [1.82, 2.24) is 14.5 Å². The number of aromatic amines is 1. The molecule has 1 aliphatic heterocycles. The highest BCUT2D eigenvalue weighted by Gasteiger charge is 2.35. The van der Waals surface area contributed by atoms with Gasteiger partial charge < -0.3 is 5.73 Å². The fourth-order valence-corrected chi connectivity index (χ4v) is 3.15. The van der Waals surface area contributed by atoms with Gasteiger partial charge in [0, 0.05) is 19.1 Å². The zero-order valence-electron chi connectivity index (χ0n) is 8.42. The third kappa shape index (κ3) is 1.77. The van der Waals surface area contributed by atoms with Crippen LogP contribution < -0.4 is 5.73 Å². The summed E-state index contributed by atoms with van der Waals surface area (Å²) in [5, 5.41) is 6.23. The summed E-state index contributed by atoms with van der Waals surface area (Å²) >= 11 is 0. The first-order valence-electron chi connectivity index (χ1n) is 4.77. The molecule has 0 saturated carbocycles. The molecule has 1 fully saturated rings. The van der Waals surface area contributed by atoms with E-state index in [1.807, 2.05) is 6.92 Å². The van der Waals surface area contributed by atoms with Crippen molar-refractivity contribution in [3.05, 3.63) is 12.3 Å². The number of hydrogen-bond donors (Lipinski definition) is 2. The van der Waals surface area contributed by atoms with Crippen LogP contribution in [0.2, 0.25) is 0 Å². The minimum absolute atomic E-state index is 0.0808. The molecule has 2 atom stereocenters. The van der Waals surface area contributed by atoms with E-state index in [1.54, 1.807) is 0 Å². The summed E-state index contributed by atoms with van der Waals surface area (Å²) < 4.78 is 25.4. The Bertz CT molecular complexity index is 418. The first-order valence-corrected chi connectivity index (χ1v) is 6.21. The number of nitrogens with zero attached hydrogens (tertiary/aromatic N) is 2. The molecular formula is C8H14N4O2S. The number of nitrogens with one attached hydrogen (secondary N) is 1. The lowest BCUT2D eigenvalue weighted by atomic mass is 10.1. The highest BCUT2D eigenvalue weighted by atomic mass is 32.2. The maximum Gasteiger partial charge on any atom is 0.260 e. The van der Waals surface area contributed by atoms with Crippen LogP contribution in [0.25, 0.3) is 0 Å². The Morgan fingerprint density at radius 3 is 2.80 bits per heavy atom. The highest BCUT2D eigenvalue weighted by molar-refractivity contribution is 7.89. The van der Waals surface area contributed by atoms with E-state index >= 15 is 0 Å². The van der Waals surface area contributed by atoms with Gasteiger partial charge in [-0.05, 0) is 12.0 Å². The molecule has 1 aromatic rings. The lowest BCUT2D eigenvalue weighted by Gasteiger charge is -2.13. The van der Waals surface area contributed by atoms with Crippen LogP contribution >= 0.6 is 0 Å². The smallest absolute Gasteiger partial charge is 0.260 e.